The van der Waals surface area contributed by atoms with Crippen molar-refractivity contribution >= 4 is 35.2 Å². The molecule has 0 fully saturated rings. The van der Waals surface area contributed by atoms with E-state index in [0.717, 1.165) is 11.1 Å². The number of rotatable bonds is 7. The van der Waals surface area contributed by atoms with Gasteiger partial charge in [-0.2, -0.15) is 0 Å². The molecule has 5 heteroatoms. The third-order valence-corrected chi connectivity index (χ3v) is 3.57. The highest BCUT2D eigenvalue weighted by Gasteiger charge is 2.03. The molecule has 2 aromatic carbocycles. The predicted octanol–water partition coefficient (Wildman–Crippen LogP) is 5.31. The Balaban J connectivity index is 1.96. The number of ether oxygens (including phenoxy) is 2. The summed E-state index contributed by atoms with van der Waals surface area (Å²) in [6, 6.07) is 12.7. The highest BCUT2D eigenvalue weighted by atomic mass is 35.5. The zero-order valence-electron chi connectivity index (χ0n) is 12.9. The van der Waals surface area contributed by atoms with Gasteiger partial charge in [0.2, 0.25) is 0 Å². The molecule has 0 amide bonds. The number of hydrogen-bond acceptors (Lipinski definition) is 3. The summed E-state index contributed by atoms with van der Waals surface area (Å²) in [5.41, 5.74) is 1.76. The molecule has 0 aromatic heterocycles. The zero-order chi connectivity index (χ0) is 17.4. The molecular weight excluding hydrogens is 347 g/mol. The Hall–Kier alpha value is -2.23. The average molecular weight is 363 g/mol. The average Bonchev–Trinajstić information content (AvgIpc) is 2.58. The lowest BCUT2D eigenvalue weighted by Crippen LogP contribution is -1.99. The van der Waals surface area contributed by atoms with Crippen molar-refractivity contribution in [2.24, 2.45) is 0 Å². The fraction of sp³-hybridized carbons (Fsp3) is 0.105. The standard InChI is InChI=1S/C19H16Cl2O3/c1-2-11-23-19(22)10-6-14-5-9-18(17(21)12-14)24-13-15-3-7-16(20)8-4-15/h2-10,12H,1,11,13H2/b10-6+. The number of carbonyl (C=O) groups is 1. The molecule has 2 rings (SSSR count). The first-order valence-electron chi connectivity index (χ1n) is 7.21. The molecule has 0 saturated carbocycles. The predicted molar refractivity (Wildman–Crippen MR) is 97.4 cm³/mol. The van der Waals surface area contributed by atoms with Crippen LogP contribution in [0.1, 0.15) is 11.1 Å². The number of carbonyl (C=O) groups excluding carboxylic acids is 1. The second-order valence-electron chi connectivity index (χ2n) is 4.86. The van der Waals surface area contributed by atoms with Gasteiger partial charge in [0, 0.05) is 11.1 Å². The number of esters is 1. The third-order valence-electron chi connectivity index (χ3n) is 3.02. The second-order valence-corrected chi connectivity index (χ2v) is 5.70. The fourth-order valence-corrected chi connectivity index (χ4v) is 2.20. The molecule has 0 aliphatic rings. The smallest absolute Gasteiger partial charge is 0.331 e. The van der Waals surface area contributed by atoms with Crippen LogP contribution in [0.25, 0.3) is 6.08 Å². The maximum absolute atomic E-state index is 11.4. The summed E-state index contributed by atoms with van der Waals surface area (Å²) in [5.74, 6) is 0.132. The molecule has 0 atom stereocenters. The van der Waals surface area contributed by atoms with Gasteiger partial charge in [-0.15, -0.1) is 0 Å². The molecule has 124 valence electrons. The van der Waals surface area contributed by atoms with E-state index in [-0.39, 0.29) is 6.61 Å². The molecule has 3 nitrogen and oxygen atoms in total. The Morgan fingerprint density at radius 3 is 2.54 bits per heavy atom. The third kappa shape index (κ3) is 5.76. The molecule has 24 heavy (non-hydrogen) atoms. The lowest BCUT2D eigenvalue weighted by atomic mass is 10.2. The summed E-state index contributed by atoms with van der Waals surface area (Å²) >= 11 is 12.1. The van der Waals surface area contributed by atoms with Crippen molar-refractivity contribution in [1.82, 2.24) is 0 Å². The minimum absolute atomic E-state index is 0.182. The molecule has 0 spiro atoms. The van der Waals surface area contributed by atoms with Gasteiger partial charge < -0.3 is 9.47 Å². The topological polar surface area (TPSA) is 35.5 Å². The highest BCUT2D eigenvalue weighted by molar-refractivity contribution is 6.32. The van der Waals surface area contributed by atoms with Crippen LogP contribution in [0.5, 0.6) is 5.75 Å². The molecule has 0 saturated heterocycles. The molecule has 0 N–H and O–H groups in total. The SMILES string of the molecule is C=CCOC(=O)/C=C/c1ccc(OCc2ccc(Cl)cc2)c(Cl)c1. The first kappa shape index (κ1) is 18.1. The summed E-state index contributed by atoms with van der Waals surface area (Å²) in [5, 5.41) is 1.14. The van der Waals surface area contributed by atoms with E-state index < -0.39 is 5.97 Å². The van der Waals surface area contributed by atoms with Crippen LogP contribution in [-0.4, -0.2) is 12.6 Å². The van der Waals surface area contributed by atoms with Crippen molar-refractivity contribution in [1.29, 1.82) is 0 Å². The van der Waals surface area contributed by atoms with Gasteiger partial charge in [-0.05, 0) is 41.5 Å². The van der Waals surface area contributed by atoms with Crippen LogP contribution in [0.15, 0.2) is 61.2 Å². The van der Waals surface area contributed by atoms with Crippen molar-refractivity contribution in [2.75, 3.05) is 6.61 Å². The van der Waals surface area contributed by atoms with E-state index in [9.17, 15) is 4.79 Å². The number of benzene rings is 2. The molecule has 0 bridgehead atoms. The Morgan fingerprint density at radius 2 is 1.88 bits per heavy atom. The summed E-state index contributed by atoms with van der Waals surface area (Å²) in [4.78, 5) is 11.4. The molecular formula is C19H16Cl2O3. The van der Waals surface area contributed by atoms with Gasteiger partial charge in [0.15, 0.2) is 0 Å². The zero-order valence-corrected chi connectivity index (χ0v) is 14.4. The van der Waals surface area contributed by atoms with Gasteiger partial charge in [-0.25, -0.2) is 4.79 Å². The molecule has 0 aliphatic carbocycles. The minimum Gasteiger partial charge on any atom is -0.487 e. The first-order chi connectivity index (χ1) is 11.6. The van der Waals surface area contributed by atoms with Crippen LogP contribution in [-0.2, 0) is 16.1 Å². The van der Waals surface area contributed by atoms with E-state index in [1.165, 1.54) is 12.2 Å². The van der Waals surface area contributed by atoms with Gasteiger partial charge >= 0.3 is 5.97 Å². The summed E-state index contributed by atoms with van der Waals surface area (Å²) in [6.07, 6.45) is 4.47. The van der Waals surface area contributed by atoms with Crippen LogP contribution in [0.4, 0.5) is 0 Å². The fourth-order valence-electron chi connectivity index (χ4n) is 1.83. The van der Waals surface area contributed by atoms with Crippen LogP contribution >= 0.6 is 23.2 Å². The molecule has 2 aromatic rings. The van der Waals surface area contributed by atoms with E-state index in [4.69, 9.17) is 32.7 Å². The Kier molecular flexibility index (Phi) is 6.91. The monoisotopic (exact) mass is 362 g/mol. The number of halogens is 2. The summed E-state index contributed by atoms with van der Waals surface area (Å²) in [7, 11) is 0. The van der Waals surface area contributed by atoms with Crippen LogP contribution in [0.2, 0.25) is 10.0 Å². The van der Waals surface area contributed by atoms with E-state index in [1.54, 1.807) is 36.4 Å². The maximum atomic E-state index is 11.4. The van der Waals surface area contributed by atoms with Crippen LogP contribution < -0.4 is 4.74 Å². The summed E-state index contributed by atoms with van der Waals surface area (Å²) < 4.78 is 10.5. The summed E-state index contributed by atoms with van der Waals surface area (Å²) in [6.45, 7) is 4.05. The molecule has 0 aliphatic heterocycles. The van der Waals surface area contributed by atoms with Gasteiger partial charge in [-0.3, -0.25) is 0 Å². The molecule has 0 unspecified atom stereocenters. The Labute approximate surface area is 151 Å². The lowest BCUT2D eigenvalue weighted by Gasteiger charge is -2.09. The van der Waals surface area contributed by atoms with Gasteiger partial charge in [0.1, 0.15) is 19.0 Å². The quantitative estimate of drug-likeness (QED) is 0.380. The van der Waals surface area contributed by atoms with Gasteiger partial charge in [-0.1, -0.05) is 54.1 Å². The van der Waals surface area contributed by atoms with Crippen molar-refractivity contribution < 1.29 is 14.3 Å². The molecule has 0 radical (unpaired) electrons. The molecule has 0 heterocycles. The minimum atomic E-state index is -0.436. The van der Waals surface area contributed by atoms with E-state index in [1.807, 2.05) is 12.1 Å². The van der Waals surface area contributed by atoms with Crippen molar-refractivity contribution in [3.63, 3.8) is 0 Å². The highest BCUT2D eigenvalue weighted by Crippen LogP contribution is 2.27. The van der Waals surface area contributed by atoms with Gasteiger partial charge in [0.05, 0.1) is 5.02 Å². The largest absolute Gasteiger partial charge is 0.487 e. The van der Waals surface area contributed by atoms with Crippen LogP contribution in [0.3, 0.4) is 0 Å². The van der Waals surface area contributed by atoms with E-state index in [2.05, 4.69) is 6.58 Å². The maximum Gasteiger partial charge on any atom is 0.331 e. The first-order valence-corrected chi connectivity index (χ1v) is 7.96. The van der Waals surface area contributed by atoms with Crippen LogP contribution in [0, 0.1) is 0 Å². The van der Waals surface area contributed by atoms with Crippen molar-refractivity contribution in [2.45, 2.75) is 6.61 Å². The van der Waals surface area contributed by atoms with E-state index in [0.29, 0.717) is 22.4 Å². The Bertz CT molecular complexity index is 737. The lowest BCUT2D eigenvalue weighted by molar-refractivity contribution is -0.136. The second kappa shape index (κ2) is 9.16. The Morgan fingerprint density at radius 1 is 1.12 bits per heavy atom. The van der Waals surface area contributed by atoms with Crippen molar-refractivity contribution in [3.8, 4) is 5.75 Å². The van der Waals surface area contributed by atoms with Gasteiger partial charge in [0.25, 0.3) is 0 Å². The van der Waals surface area contributed by atoms with Crippen molar-refractivity contribution in [3.05, 3.63) is 82.4 Å². The van der Waals surface area contributed by atoms with E-state index >= 15 is 0 Å². The number of hydrogen-bond donors (Lipinski definition) is 0. The normalized spacial score (nSPS) is 10.6.